The molecule has 1 amide bonds. The van der Waals surface area contributed by atoms with Crippen LogP contribution < -0.4 is 5.32 Å². The van der Waals surface area contributed by atoms with Crippen LogP contribution in [0.25, 0.3) is 0 Å². The largest absolute Gasteiger partial charge is 0.472 e. The predicted molar refractivity (Wildman–Crippen MR) is 132 cm³/mol. The minimum atomic E-state index is -4.35. The van der Waals surface area contributed by atoms with Gasteiger partial charge in [0.15, 0.2) is 0 Å². The number of aliphatic hydroxyl groups excluding tert-OH is 1. The number of carbonyl (C=O) groups excluding carboxylic acids is 2. The third kappa shape index (κ3) is 24.1. The molecule has 0 radical (unpaired) electrons. The van der Waals surface area contributed by atoms with Crippen molar-refractivity contribution in [3.63, 3.8) is 0 Å². The van der Waals surface area contributed by atoms with Gasteiger partial charge in [0.1, 0.15) is 12.7 Å². The summed E-state index contributed by atoms with van der Waals surface area (Å²) in [6.45, 7) is 2.57. The second-order valence-electron chi connectivity index (χ2n) is 8.76. The molecule has 10 heteroatoms. The van der Waals surface area contributed by atoms with E-state index in [1.165, 1.54) is 77.6 Å². The zero-order chi connectivity index (χ0) is 25.5. The number of phosphoric acid groups is 1. The fourth-order valence-corrected chi connectivity index (χ4v) is 4.14. The summed E-state index contributed by atoms with van der Waals surface area (Å²) in [5.41, 5.74) is 0. The molecule has 0 bridgehead atoms. The Morgan fingerprint density at radius 1 is 0.824 bits per heavy atom. The van der Waals surface area contributed by atoms with E-state index in [0.717, 1.165) is 19.3 Å². The molecule has 9 nitrogen and oxygen atoms in total. The van der Waals surface area contributed by atoms with Crippen molar-refractivity contribution in [1.82, 2.24) is 5.32 Å². The molecule has 2 atom stereocenters. The number of carbonyl (C=O) groups is 2. The maximum atomic E-state index is 11.8. The molecule has 0 saturated carbocycles. The molecule has 0 saturated heterocycles. The maximum absolute atomic E-state index is 11.8. The number of nitrogens with one attached hydrogen (secondary N) is 1. The van der Waals surface area contributed by atoms with Crippen molar-refractivity contribution >= 4 is 19.7 Å². The van der Waals surface area contributed by atoms with Crippen LogP contribution in [0.3, 0.4) is 0 Å². The summed E-state index contributed by atoms with van der Waals surface area (Å²) in [6, 6.07) is 0. The summed E-state index contributed by atoms with van der Waals surface area (Å²) in [5.74, 6) is -0.694. The number of amides is 1. The van der Waals surface area contributed by atoms with Gasteiger partial charge >= 0.3 is 13.8 Å². The molecule has 2 unspecified atom stereocenters. The van der Waals surface area contributed by atoms with Crippen molar-refractivity contribution in [2.75, 3.05) is 26.4 Å². The first-order valence-corrected chi connectivity index (χ1v) is 14.5. The second kappa shape index (κ2) is 22.5. The molecule has 0 spiro atoms. The van der Waals surface area contributed by atoms with Crippen molar-refractivity contribution in [2.45, 2.75) is 116 Å². The van der Waals surface area contributed by atoms with Crippen LogP contribution in [-0.4, -0.2) is 54.3 Å². The van der Waals surface area contributed by atoms with Crippen LogP contribution in [0.1, 0.15) is 110 Å². The first kappa shape index (κ1) is 33.0. The van der Waals surface area contributed by atoms with Gasteiger partial charge in [0.25, 0.3) is 0 Å². The molecule has 202 valence electrons. The minimum Gasteiger partial charge on any atom is -0.463 e. The molecule has 0 aromatic heterocycles. The number of phosphoric ester groups is 1. The Labute approximate surface area is 205 Å². The van der Waals surface area contributed by atoms with Crippen LogP contribution >= 0.6 is 7.82 Å². The van der Waals surface area contributed by atoms with Gasteiger partial charge in [-0.25, -0.2) is 4.57 Å². The average molecular weight is 510 g/mol. The van der Waals surface area contributed by atoms with Crippen LogP contribution in [0.4, 0.5) is 0 Å². The van der Waals surface area contributed by atoms with Crippen molar-refractivity contribution < 1.29 is 37.9 Å². The highest BCUT2D eigenvalue weighted by Crippen LogP contribution is 2.42. The highest BCUT2D eigenvalue weighted by Gasteiger charge is 2.23. The molecule has 0 aliphatic carbocycles. The number of hydrogen-bond donors (Lipinski definition) is 3. The molecular formula is C24H48NO8P. The van der Waals surface area contributed by atoms with Crippen LogP contribution in [0, 0.1) is 0 Å². The monoisotopic (exact) mass is 509 g/mol. The lowest BCUT2D eigenvalue weighted by Gasteiger charge is -2.15. The number of aliphatic hydroxyl groups is 1. The van der Waals surface area contributed by atoms with E-state index in [-0.39, 0.29) is 32.1 Å². The van der Waals surface area contributed by atoms with E-state index in [9.17, 15) is 24.2 Å². The van der Waals surface area contributed by atoms with Gasteiger partial charge in [-0.1, -0.05) is 90.4 Å². The summed E-state index contributed by atoms with van der Waals surface area (Å²) in [7, 11) is -4.35. The van der Waals surface area contributed by atoms with Crippen molar-refractivity contribution in [2.24, 2.45) is 0 Å². The molecule has 0 aliphatic rings. The summed E-state index contributed by atoms with van der Waals surface area (Å²) in [5, 5.41) is 12.2. The number of ether oxygens (including phenoxy) is 1. The van der Waals surface area contributed by atoms with E-state index in [1.807, 2.05) is 0 Å². The van der Waals surface area contributed by atoms with Crippen LogP contribution in [0.2, 0.25) is 0 Å². The molecule has 0 aromatic rings. The quantitative estimate of drug-likeness (QED) is 0.0938. The Hall–Kier alpha value is -0.990. The fourth-order valence-electron chi connectivity index (χ4n) is 3.38. The van der Waals surface area contributed by atoms with Crippen molar-refractivity contribution in [3.8, 4) is 0 Å². The number of rotatable bonds is 24. The van der Waals surface area contributed by atoms with E-state index < -0.39 is 26.5 Å². The van der Waals surface area contributed by atoms with Crippen LogP contribution in [0.15, 0.2) is 0 Å². The Bertz CT molecular complexity index is 561. The highest BCUT2D eigenvalue weighted by atomic mass is 31.2. The van der Waals surface area contributed by atoms with Gasteiger partial charge in [0.05, 0.1) is 13.2 Å². The fraction of sp³-hybridized carbons (Fsp3) is 0.917. The SMILES string of the molecule is CCCCCCCCCCCCCCCCC(=O)OCC(O)COP(=O)(O)OCCNC(C)=O. The van der Waals surface area contributed by atoms with Gasteiger partial charge in [-0.15, -0.1) is 0 Å². The van der Waals surface area contributed by atoms with E-state index in [2.05, 4.69) is 21.3 Å². The lowest BCUT2D eigenvalue weighted by atomic mass is 10.0. The maximum Gasteiger partial charge on any atom is 0.472 e. The van der Waals surface area contributed by atoms with Crippen LogP contribution in [-0.2, 0) is 27.9 Å². The van der Waals surface area contributed by atoms with E-state index in [1.54, 1.807) is 0 Å². The summed E-state index contributed by atoms with van der Waals surface area (Å²) < 4.78 is 25.9. The molecule has 3 N–H and O–H groups in total. The highest BCUT2D eigenvalue weighted by molar-refractivity contribution is 7.47. The smallest absolute Gasteiger partial charge is 0.463 e. The van der Waals surface area contributed by atoms with Gasteiger partial charge in [-0.2, -0.15) is 0 Å². The predicted octanol–water partition coefficient (Wildman–Crippen LogP) is 5.03. The first-order chi connectivity index (χ1) is 16.3. The van der Waals surface area contributed by atoms with E-state index in [4.69, 9.17) is 4.74 Å². The third-order valence-corrected chi connectivity index (χ3v) is 6.32. The van der Waals surface area contributed by atoms with Gasteiger partial charge in [0, 0.05) is 19.9 Å². The Morgan fingerprint density at radius 3 is 1.82 bits per heavy atom. The van der Waals surface area contributed by atoms with Gasteiger partial charge in [-0.05, 0) is 6.42 Å². The molecule has 0 fully saturated rings. The topological polar surface area (TPSA) is 131 Å². The number of unbranched alkanes of at least 4 members (excludes halogenated alkanes) is 13. The summed E-state index contributed by atoms with van der Waals surface area (Å²) in [6.07, 6.45) is 16.4. The molecule has 0 heterocycles. The second-order valence-corrected chi connectivity index (χ2v) is 10.2. The molecule has 34 heavy (non-hydrogen) atoms. The van der Waals surface area contributed by atoms with E-state index >= 15 is 0 Å². The van der Waals surface area contributed by atoms with Crippen molar-refractivity contribution in [3.05, 3.63) is 0 Å². The Balaban J connectivity index is 3.52. The molecular weight excluding hydrogens is 461 g/mol. The Morgan fingerprint density at radius 2 is 1.32 bits per heavy atom. The zero-order valence-electron chi connectivity index (χ0n) is 21.3. The average Bonchev–Trinajstić information content (AvgIpc) is 2.79. The third-order valence-electron chi connectivity index (χ3n) is 5.33. The molecule has 0 rings (SSSR count). The van der Waals surface area contributed by atoms with E-state index in [0.29, 0.717) is 0 Å². The van der Waals surface area contributed by atoms with Crippen molar-refractivity contribution in [1.29, 1.82) is 0 Å². The standard InChI is InChI=1S/C24H48NO8P/c1-3-4-5-6-7-8-9-10-11-12-13-14-15-16-17-24(28)31-20-23(27)21-33-34(29,30)32-19-18-25-22(2)26/h23,27H,3-21H2,1-2H3,(H,25,26)(H,29,30). The Kier molecular flexibility index (Phi) is 21.8. The van der Waals surface area contributed by atoms with Gasteiger partial charge < -0.3 is 20.1 Å². The molecule has 0 aromatic carbocycles. The molecule has 0 aliphatic heterocycles. The zero-order valence-corrected chi connectivity index (χ0v) is 22.2. The normalized spacial score (nSPS) is 13.9. The van der Waals surface area contributed by atoms with Gasteiger partial charge in [0.2, 0.25) is 5.91 Å². The minimum absolute atomic E-state index is 0.0582. The van der Waals surface area contributed by atoms with Crippen LogP contribution in [0.5, 0.6) is 0 Å². The summed E-state index contributed by atoms with van der Waals surface area (Å²) >= 11 is 0. The summed E-state index contributed by atoms with van der Waals surface area (Å²) in [4.78, 5) is 31.9. The number of hydrogen-bond acceptors (Lipinski definition) is 7. The lowest BCUT2D eigenvalue weighted by molar-refractivity contribution is -0.147. The lowest BCUT2D eigenvalue weighted by Crippen LogP contribution is -2.25. The first-order valence-electron chi connectivity index (χ1n) is 13.0. The van der Waals surface area contributed by atoms with Gasteiger partial charge in [-0.3, -0.25) is 18.6 Å². The number of esters is 1.